The molecule has 0 aromatic carbocycles. The van der Waals surface area contributed by atoms with Crippen LogP contribution in [-0.2, 0) is 9.47 Å². The van der Waals surface area contributed by atoms with Crippen LogP contribution in [0.4, 0.5) is 4.79 Å². The smallest absolute Gasteiger partial charge is 0.404 e. The minimum absolute atomic E-state index is 0.558. The second kappa shape index (κ2) is 3.62. The van der Waals surface area contributed by atoms with E-state index in [1.54, 1.807) is 21.0 Å². The summed E-state index contributed by atoms with van der Waals surface area (Å²) in [5.74, 6) is 0. The molecule has 0 aliphatic heterocycles. The van der Waals surface area contributed by atoms with Crippen LogP contribution in [0.15, 0.2) is 0 Å². The number of rotatable bonds is 3. The quantitative estimate of drug-likeness (QED) is 0.648. The molecule has 0 radical (unpaired) electrons. The van der Waals surface area contributed by atoms with Gasteiger partial charge in [0.2, 0.25) is 0 Å². The average molecular weight is 195 g/mol. The van der Waals surface area contributed by atoms with E-state index in [2.05, 4.69) is 0 Å². The lowest BCUT2D eigenvalue weighted by molar-refractivity contribution is -0.127. The number of hydrogen-bond donors (Lipinski definition) is 0. The Morgan fingerprint density at radius 2 is 1.58 bits per heavy atom. The van der Waals surface area contributed by atoms with Gasteiger partial charge in [-0.15, -0.1) is 0 Å². The Bertz CT molecular complexity index is 175. The van der Waals surface area contributed by atoms with Crippen molar-refractivity contribution in [2.24, 2.45) is 0 Å². The van der Waals surface area contributed by atoms with Gasteiger partial charge in [0, 0.05) is 18.7 Å². The van der Waals surface area contributed by atoms with E-state index in [-0.39, 0.29) is 0 Å². The summed E-state index contributed by atoms with van der Waals surface area (Å²) < 4.78 is 10.1. The summed E-state index contributed by atoms with van der Waals surface area (Å²) in [5.41, 5.74) is -2.11. The minimum atomic E-state index is -0.815. The van der Waals surface area contributed by atoms with Crippen molar-refractivity contribution in [1.29, 1.82) is 0 Å². The maximum absolute atomic E-state index is 10.5. The fourth-order valence-electron chi connectivity index (χ4n) is 0.569. The van der Waals surface area contributed by atoms with Gasteiger partial charge in [0.25, 0.3) is 0 Å². The zero-order chi connectivity index (χ0) is 9.99. The number of carbonyl (C=O) groups excluding carboxylic acids is 1. The normalized spacial score (nSPS) is 12.8. The monoisotopic (exact) mass is 194 g/mol. The fraction of sp³-hybridized carbons (Fsp3) is 0.875. The Kier molecular flexibility index (Phi) is 3.54. The number of halogens is 1. The van der Waals surface area contributed by atoms with Crippen molar-refractivity contribution in [3.63, 3.8) is 0 Å². The molecule has 0 aliphatic rings. The Balaban J connectivity index is 4.48. The molecule has 0 N–H and O–H groups in total. The number of ether oxygens (including phenoxy) is 2. The molecule has 4 heteroatoms. The fourth-order valence-corrected chi connectivity index (χ4v) is 0.762. The minimum Gasteiger partial charge on any atom is -0.445 e. The van der Waals surface area contributed by atoms with Gasteiger partial charge in [0.15, 0.2) is 0 Å². The zero-order valence-electron chi connectivity index (χ0n) is 8.10. The second-order valence-electron chi connectivity index (χ2n) is 3.56. The van der Waals surface area contributed by atoms with E-state index in [9.17, 15) is 4.79 Å². The number of methoxy groups -OCH3 is 1. The topological polar surface area (TPSA) is 35.5 Å². The third-order valence-corrected chi connectivity index (χ3v) is 2.37. The summed E-state index contributed by atoms with van der Waals surface area (Å²) in [4.78, 5) is 10.5. The van der Waals surface area contributed by atoms with Gasteiger partial charge < -0.3 is 9.47 Å². The Labute approximate surface area is 78.0 Å². The molecule has 12 heavy (non-hydrogen) atoms. The molecule has 3 nitrogen and oxygen atoms in total. The first-order valence-electron chi connectivity index (χ1n) is 3.66. The molecule has 0 atom stereocenters. The predicted octanol–water partition coefficient (Wildman–Crippen LogP) is 2.57. The number of hydrogen-bond acceptors (Lipinski definition) is 3. The van der Waals surface area contributed by atoms with Gasteiger partial charge in [0.05, 0.1) is 0 Å². The lowest BCUT2D eigenvalue weighted by atomic mass is 9.89. The summed E-state index contributed by atoms with van der Waals surface area (Å²) in [5, 5.41) is 0. The third kappa shape index (κ3) is 2.64. The largest absolute Gasteiger partial charge is 0.445 e. The molecular weight excluding hydrogens is 180 g/mol. The van der Waals surface area contributed by atoms with Crippen molar-refractivity contribution in [1.82, 2.24) is 0 Å². The predicted molar refractivity (Wildman–Crippen MR) is 47.5 cm³/mol. The van der Waals surface area contributed by atoms with Gasteiger partial charge in [0.1, 0.15) is 11.2 Å². The molecule has 0 heterocycles. The number of carbonyl (C=O) groups is 1. The van der Waals surface area contributed by atoms with Crippen molar-refractivity contribution in [2.45, 2.75) is 38.9 Å². The van der Waals surface area contributed by atoms with E-state index < -0.39 is 16.6 Å². The molecule has 0 unspecified atom stereocenters. The maximum atomic E-state index is 10.5. The van der Waals surface area contributed by atoms with Crippen molar-refractivity contribution in [3.8, 4) is 0 Å². The van der Waals surface area contributed by atoms with Gasteiger partial charge in [-0.3, -0.25) is 0 Å². The Hall–Kier alpha value is -0.280. The van der Waals surface area contributed by atoms with E-state index in [4.69, 9.17) is 21.1 Å². The van der Waals surface area contributed by atoms with Gasteiger partial charge in [-0.2, -0.15) is 0 Å². The van der Waals surface area contributed by atoms with Crippen LogP contribution in [0, 0.1) is 0 Å². The maximum Gasteiger partial charge on any atom is 0.404 e. The summed E-state index contributed by atoms with van der Waals surface area (Å²) in [6.45, 7) is 7.15. The van der Waals surface area contributed by atoms with Gasteiger partial charge in [-0.25, -0.2) is 4.79 Å². The SMILES string of the molecule is COC(C)(C)C(C)(C)OC(=O)Cl. The van der Waals surface area contributed by atoms with Crippen molar-refractivity contribution >= 4 is 17.0 Å². The Morgan fingerprint density at radius 3 is 1.83 bits per heavy atom. The highest BCUT2D eigenvalue weighted by molar-refractivity contribution is 6.61. The van der Waals surface area contributed by atoms with Crippen LogP contribution in [0.2, 0.25) is 0 Å². The molecule has 72 valence electrons. The standard InChI is InChI=1S/C8H15ClO3/c1-7(2,11-5)8(3,4)12-6(9)10/h1-5H3. The molecule has 0 saturated carbocycles. The van der Waals surface area contributed by atoms with Crippen LogP contribution in [0.3, 0.4) is 0 Å². The summed E-state index contributed by atoms with van der Waals surface area (Å²) in [7, 11) is 1.56. The van der Waals surface area contributed by atoms with Crippen LogP contribution in [0.25, 0.3) is 0 Å². The van der Waals surface area contributed by atoms with Crippen molar-refractivity contribution < 1.29 is 14.3 Å². The van der Waals surface area contributed by atoms with Crippen LogP contribution in [-0.4, -0.2) is 23.7 Å². The van der Waals surface area contributed by atoms with E-state index in [0.717, 1.165) is 0 Å². The highest BCUT2D eigenvalue weighted by Crippen LogP contribution is 2.28. The Morgan fingerprint density at radius 1 is 1.17 bits per heavy atom. The molecule has 0 bridgehead atoms. The first-order valence-corrected chi connectivity index (χ1v) is 4.04. The highest BCUT2D eigenvalue weighted by atomic mass is 35.5. The molecule has 0 saturated heterocycles. The van der Waals surface area contributed by atoms with Crippen molar-refractivity contribution in [2.75, 3.05) is 7.11 Å². The van der Waals surface area contributed by atoms with Crippen LogP contribution >= 0.6 is 11.6 Å². The van der Waals surface area contributed by atoms with Gasteiger partial charge in [-0.05, 0) is 27.7 Å². The summed E-state index contributed by atoms with van der Waals surface area (Å²) in [6.07, 6.45) is 0. The molecule has 0 aromatic heterocycles. The van der Waals surface area contributed by atoms with Gasteiger partial charge in [-0.1, -0.05) is 0 Å². The van der Waals surface area contributed by atoms with Crippen LogP contribution in [0.5, 0.6) is 0 Å². The summed E-state index contributed by atoms with van der Waals surface area (Å²) in [6, 6.07) is 0. The molecular formula is C8H15ClO3. The lowest BCUT2D eigenvalue weighted by Crippen LogP contribution is -2.49. The zero-order valence-corrected chi connectivity index (χ0v) is 8.86. The average Bonchev–Trinajstić information content (AvgIpc) is 1.84. The molecule has 0 fully saturated rings. The van der Waals surface area contributed by atoms with Crippen LogP contribution < -0.4 is 0 Å². The van der Waals surface area contributed by atoms with Gasteiger partial charge >= 0.3 is 5.43 Å². The van der Waals surface area contributed by atoms with E-state index in [1.807, 2.05) is 13.8 Å². The van der Waals surface area contributed by atoms with E-state index >= 15 is 0 Å². The summed E-state index contributed by atoms with van der Waals surface area (Å²) >= 11 is 5.11. The van der Waals surface area contributed by atoms with E-state index in [0.29, 0.717) is 0 Å². The molecule has 0 spiro atoms. The van der Waals surface area contributed by atoms with Crippen molar-refractivity contribution in [3.05, 3.63) is 0 Å². The second-order valence-corrected chi connectivity index (χ2v) is 3.87. The molecule has 0 amide bonds. The lowest BCUT2D eigenvalue weighted by Gasteiger charge is -2.38. The third-order valence-electron chi connectivity index (χ3n) is 2.30. The molecule has 0 aromatic rings. The molecule has 0 aliphatic carbocycles. The first kappa shape index (κ1) is 11.7. The van der Waals surface area contributed by atoms with E-state index in [1.165, 1.54) is 0 Å². The first-order chi connectivity index (χ1) is 5.23. The molecule has 0 rings (SSSR count). The van der Waals surface area contributed by atoms with Crippen LogP contribution in [0.1, 0.15) is 27.7 Å². The highest BCUT2D eigenvalue weighted by Gasteiger charge is 2.40.